The Morgan fingerprint density at radius 1 is 0.600 bits per heavy atom. The van der Waals surface area contributed by atoms with Crippen molar-refractivity contribution in [3.8, 4) is 5.75 Å². The number of rotatable bonds is 23. The van der Waals surface area contributed by atoms with E-state index in [9.17, 15) is 18.0 Å². The molecule has 3 fully saturated rings. The van der Waals surface area contributed by atoms with E-state index in [4.69, 9.17) is 15.2 Å². The highest BCUT2D eigenvalue weighted by Gasteiger charge is 2.28. The van der Waals surface area contributed by atoms with Crippen molar-refractivity contribution < 1.29 is 27.5 Å². The number of carbonyl (C=O) groups excluding carboxylic acids is 2. The second-order valence-corrected chi connectivity index (χ2v) is 26.1. The molecule has 85 heavy (non-hydrogen) atoms. The van der Waals surface area contributed by atoms with Crippen molar-refractivity contribution in [3.05, 3.63) is 96.1 Å². The first kappa shape index (κ1) is 72.2. The highest BCUT2D eigenvalue weighted by Crippen LogP contribution is 2.31. The number of piperidine rings is 3. The van der Waals surface area contributed by atoms with Crippen LogP contribution in [0.1, 0.15) is 118 Å². The third-order valence-corrected chi connectivity index (χ3v) is 19.3. The van der Waals surface area contributed by atoms with Crippen LogP contribution in [0.5, 0.6) is 5.75 Å². The van der Waals surface area contributed by atoms with Gasteiger partial charge in [0.2, 0.25) is 15.9 Å². The Morgan fingerprint density at radius 3 is 1.29 bits per heavy atom. The fourth-order valence-corrected chi connectivity index (χ4v) is 13.3. The zero-order chi connectivity index (χ0) is 61.6. The fraction of sp³-hybridized carbons (Fsp3) is 0.612. The minimum absolute atomic E-state index is 0. The number of anilines is 6. The van der Waals surface area contributed by atoms with Gasteiger partial charge in [0, 0.05) is 120 Å². The van der Waals surface area contributed by atoms with Crippen molar-refractivity contribution in [2.75, 3.05) is 157 Å². The quantitative estimate of drug-likeness (QED) is 0.0679. The van der Waals surface area contributed by atoms with Crippen LogP contribution >= 0.6 is 12.4 Å². The molecular weight excluding hydrogens is 1110 g/mol. The lowest BCUT2D eigenvalue weighted by atomic mass is 9.95. The van der Waals surface area contributed by atoms with Crippen molar-refractivity contribution in [3.63, 3.8) is 0 Å². The summed E-state index contributed by atoms with van der Waals surface area (Å²) in [6.45, 7) is 39.8. The van der Waals surface area contributed by atoms with E-state index in [1.165, 1.54) is 113 Å². The Kier molecular flexibility index (Phi) is 30.1. The molecule has 16 nitrogen and oxygen atoms in total. The van der Waals surface area contributed by atoms with E-state index in [0.29, 0.717) is 16.9 Å². The fourth-order valence-electron chi connectivity index (χ4n) is 11.7. The summed E-state index contributed by atoms with van der Waals surface area (Å²) in [5.41, 5.74) is 12.6. The smallest absolute Gasteiger partial charge is 0.412 e. The molecule has 7 rings (SSSR count). The maximum Gasteiger partial charge on any atom is 0.412 e. The number of nitrogens with one attached hydrogen (secondary N) is 1. The van der Waals surface area contributed by atoms with Crippen LogP contribution < -0.4 is 35.4 Å². The number of halogens is 1. The molecule has 3 heterocycles. The average Bonchev–Trinajstić information content (AvgIpc) is 2.47. The SMILES string of the molecule is CCN(CC)CC1CCN(c2ccc(N(C)C(=O)CCN(C)S(=O)(=O)c3c(C)cc(OC)cc3C)cc2)CC1.CCN(CC)CC1CCN(c2ccc(N)cc2)CC1.CCN(CC)CC1CCN(c2ccc(NC(=O)OC(C)(C)C)cc2)CC1.Cl. The molecule has 3 aliphatic heterocycles. The van der Waals surface area contributed by atoms with E-state index < -0.39 is 21.7 Å². The third kappa shape index (κ3) is 22.7. The van der Waals surface area contributed by atoms with E-state index in [1.807, 2.05) is 57.2 Å². The van der Waals surface area contributed by atoms with Gasteiger partial charge in [-0.15, -0.1) is 12.4 Å². The van der Waals surface area contributed by atoms with Crippen LogP contribution in [0, 0.1) is 31.6 Å². The largest absolute Gasteiger partial charge is 0.497 e. The molecule has 476 valence electrons. The number of nitrogens with zero attached hydrogens (tertiary/aromatic N) is 8. The van der Waals surface area contributed by atoms with E-state index >= 15 is 0 Å². The summed E-state index contributed by atoms with van der Waals surface area (Å²) in [7, 11) is 1.07. The topological polar surface area (TPSA) is 151 Å². The van der Waals surface area contributed by atoms with Gasteiger partial charge in [-0.05, 0) is 226 Å². The van der Waals surface area contributed by atoms with Crippen molar-refractivity contribution in [1.29, 1.82) is 0 Å². The van der Waals surface area contributed by atoms with Gasteiger partial charge in [-0.1, -0.05) is 41.5 Å². The molecule has 4 aromatic carbocycles. The normalized spacial score (nSPS) is 15.5. The number of methoxy groups -OCH3 is 1. The van der Waals surface area contributed by atoms with Crippen LogP contribution in [-0.2, 0) is 19.6 Å². The minimum Gasteiger partial charge on any atom is -0.497 e. The van der Waals surface area contributed by atoms with Crippen molar-refractivity contribution in [2.45, 2.75) is 132 Å². The number of benzene rings is 4. The average molecular weight is 1220 g/mol. The monoisotopic (exact) mass is 1220 g/mol. The zero-order valence-corrected chi connectivity index (χ0v) is 56.1. The van der Waals surface area contributed by atoms with E-state index in [1.54, 1.807) is 45.0 Å². The highest BCUT2D eigenvalue weighted by molar-refractivity contribution is 7.89. The van der Waals surface area contributed by atoms with Crippen LogP contribution in [0.15, 0.2) is 89.8 Å². The van der Waals surface area contributed by atoms with Gasteiger partial charge in [0.15, 0.2) is 0 Å². The first-order chi connectivity index (χ1) is 40.0. The highest BCUT2D eigenvalue weighted by atomic mass is 35.5. The van der Waals surface area contributed by atoms with E-state index in [2.05, 4.69) is 113 Å². The molecule has 0 unspecified atom stereocenters. The van der Waals surface area contributed by atoms with Crippen LogP contribution in [0.25, 0.3) is 0 Å². The second-order valence-electron chi connectivity index (χ2n) is 24.2. The Morgan fingerprint density at radius 2 is 0.953 bits per heavy atom. The number of amides is 2. The van der Waals surface area contributed by atoms with Crippen LogP contribution in [0.3, 0.4) is 0 Å². The van der Waals surface area contributed by atoms with Crippen molar-refractivity contribution in [1.82, 2.24) is 19.0 Å². The van der Waals surface area contributed by atoms with Crippen molar-refractivity contribution >= 4 is 68.6 Å². The number of hydrogen-bond acceptors (Lipinski definition) is 13. The summed E-state index contributed by atoms with van der Waals surface area (Å²) in [6.07, 6.45) is 7.17. The Balaban J connectivity index is 0.000000291. The second kappa shape index (κ2) is 35.5. The van der Waals surface area contributed by atoms with E-state index in [-0.39, 0.29) is 36.2 Å². The molecule has 0 aromatic heterocycles. The lowest BCUT2D eigenvalue weighted by molar-refractivity contribution is -0.118. The van der Waals surface area contributed by atoms with Crippen LogP contribution in [0.2, 0.25) is 0 Å². The number of nitrogen functional groups attached to an aromatic ring is 1. The zero-order valence-electron chi connectivity index (χ0n) is 54.5. The number of sulfonamides is 1. The molecule has 0 radical (unpaired) electrons. The van der Waals surface area contributed by atoms with Gasteiger partial charge >= 0.3 is 6.09 Å². The van der Waals surface area contributed by atoms with Gasteiger partial charge in [0.25, 0.3) is 0 Å². The Hall–Kier alpha value is -5.30. The summed E-state index contributed by atoms with van der Waals surface area (Å²) in [5, 5.41) is 2.78. The number of aryl methyl sites for hydroxylation is 2. The molecule has 4 aromatic rings. The standard InChI is InChI=1S/C30H46N4O4S.C21H35N3O2.C16H27N3.ClH/c1-8-33(9-2)22-25-14-18-34(19-15-25)27-12-10-26(11-13-27)32(6)29(35)16-17-31(5)39(36,37)30-23(3)20-28(38-7)21-24(30)4;1-6-23(7-2)16-17-12-14-24(15-13-17)19-10-8-18(9-11-19)22-20(25)26-21(3,4)5;1-3-18(4-2)13-14-9-11-19(12-10-14)16-7-5-15(17)6-8-16;/h10-13,20-21,25H,8-9,14-19,22H2,1-7H3;8-11,17H,6-7,12-16H2,1-5H3,(H,22,25);5-8,14H,3-4,9-13,17H2,1-2H3;1H. The number of carbonyl (C=O) groups is 2. The number of ether oxygens (including phenoxy) is 2. The van der Waals surface area contributed by atoms with Gasteiger partial charge in [-0.2, -0.15) is 0 Å². The lowest BCUT2D eigenvalue weighted by Gasteiger charge is -2.35. The number of nitrogens with two attached hydrogens (primary N) is 1. The molecular formula is C67H109ClN10O6S. The summed E-state index contributed by atoms with van der Waals surface area (Å²) in [6, 6.07) is 27.9. The molecule has 0 spiro atoms. The minimum atomic E-state index is -3.74. The van der Waals surface area contributed by atoms with Gasteiger partial charge in [-0.25, -0.2) is 17.5 Å². The molecule has 18 heteroatoms. The van der Waals surface area contributed by atoms with Gasteiger partial charge in [0.05, 0.1) is 12.0 Å². The predicted molar refractivity (Wildman–Crippen MR) is 359 cm³/mol. The van der Waals surface area contributed by atoms with E-state index in [0.717, 1.165) is 87.2 Å². The maximum atomic E-state index is 13.3. The summed E-state index contributed by atoms with van der Waals surface area (Å²) < 4.78 is 38.3. The molecule has 0 saturated carbocycles. The summed E-state index contributed by atoms with van der Waals surface area (Å²) >= 11 is 0. The van der Waals surface area contributed by atoms with Gasteiger partial charge < -0.3 is 49.5 Å². The Labute approximate surface area is 520 Å². The Bertz CT molecular complexity index is 2650. The molecule has 3 saturated heterocycles. The first-order valence-corrected chi connectivity index (χ1v) is 32.8. The molecule has 3 aliphatic rings. The third-order valence-electron chi connectivity index (χ3n) is 17.2. The molecule has 0 bridgehead atoms. The van der Waals surface area contributed by atoms with Gasteiger partial charge in [0.1, 0.15) is 11.4 Å². The first-order valence-electron chi connectivity index (χ1n) is 31.4. The maximum absolute atomic E-state index is 13.3. The van der Waals surface area contributed by atoms with Crippen LogP contribution in [-0.4, -0.2) is 171 Å². The lowest BCUT2D eigenvalue weighted by Crippen LogP contribution is -2.38. The van der Waals surface area contributed by atoms with Crippen LogP contribution in [0.4, 0.5) is 38.9 Å². The summed E-state index contributed by atoms with van der Waals surface area (Å²) in [4.78, 5) is 41.6. The summed E-state index contributed by atoms with van der Waals surface area (Å²) in [5.74, 6) is 2.91. The van der Waals surface area contributed by atoms with Gasteiger partial charge in [-0.3, -0.25) is 10.1 Å². The van der Waals surface area contributed by atoms with Crippen molar-refractivity contribution in [2.24, 2.45) is 17.8 Å². The number of hydrogen-bond donors (Lipinski definition) is 2. The molecule has 0 atom stereocenters. The molecule has 3 N–H and O–H groups in total. The predicted octanol–water partition coefficient (Wildman–Crippen LogP) is 12.4. The molecule has 0 aliphatic carbocycles. The molecule has 2 amide bonds.